The monoisotopic (exact) mass is 225 g/mol. The van der Waals surface area contributed by atoms with Crippen molar-refractivity contribution < 1.29 is 5.11 Å². The van der Waals surface area contributed by atoms with Crippen molar-refractivity contribution in [3.05, 3.63) is 16.6 Å². The molecular weight excluding hydrogens is 206 g/mol. The number of rotatable bonds is 3. The second-order valence-electron chi connectivity index (χ2n) is 4.54. The third-order valence-electron chi connectivity index (χ3n) is 3.55. The lowest BCUT2D eigenvalue weighted by atomic mass is 9.77. The van der Waals surface area contributed by atoms with E-state index >= 15 is 0 Å². The molecule has 0 radical (unpaired) electrons. The summed E-state index contributed by atoms with van der Waals surface area (Å²) in [6, 6.07) is 0. The van der Waals surface area contributed by atoms with Crippen LogP contribution in [-0.2, 0) is 6.42 Å². The van der Waals surface area contributed by atoms with E-state index in [2.05, 4.69) is 11.9 Å². The Bertz CT molecular complexity index is 286. The molecule has 1 aliphatic carbocycles. The van der Waals surface area contributed by atoms with Gasteiger partial charge < -0.3 is 5.11 Å². The molecule has 2 rings (SSSR count). The van der Waals surface area contributed by atoms with Gasteiger partial charge in [-0.2, -0.15) is 0 Å². The highest BCUT2D eigenvalue weighted by Crippen LogP contribution is 2.33. The summed E-state index contributed by atoms with van der Waals surface area (Å²) in [5, 5.41) is 13.2. The summed E-state index contributed by atoms with van der Waals surface area (Å²) in [7, 11) is 0. The van der Waals surface area contributed by atoms with Gasteiger partial charge >= 0.3 is 0 Å². The Morgan fingerprint density at radius 1 is 1.53 bits per heavy atom. The van der Waals surface area contributed by atoms with Crippen molar-refractivity contribution in [1.82, 2.24) is 4.98 Å². The molecule has 0 bridgehead atoms. The van der Waals surface area contributed by atoms with Gasteiger partial charge in [0.25, 0.3) is 0 Å². The van der Waals surface area contributed by atoms with E-state index in [0.29, 0.717) is 5.92 Å². The minimum atomic E-state index is -0.100. The number of aromatic nitrogens is 1. The van der Waals surface area contributed by atoms with Gasteiger partial charge in [-0.1, -0.05) is 13.3 Å². The van der Waals surface area contributed by atoms with Crippen molar-refractivity contribution >= 4 is 11.3 Å². The summed E-state index contributed by atoms with van der Waals surface area (Å²) in [4.78, 5) is 4.30. The van der Waals surface area contributed by atoms with Gasteiger partial charge in [-0.25, -0.2) is 4.98 Å². The van der Waals surface area contributed by atoms with Crippen LogP contribution in [0.2, 0.25) is 0 Å². The van der Waals surface area contributed by atoms with Crippen LogP contribution >= 0.6 is 11.3 Å². The molecule has 1 aliphatic rings. The molecule has 2 nitrogen and oxygen atoms in total. The molecule has 15 heavy (non-hydrogen) atoms. The molecule has 1 N–H and O–H groups in total. The lowest BCUT2D eigenvalue weighted by molar-refractivity contribution is 0.0474. The van der Waals surface area contributed by atoms with Crippen LogP contribution < -0.4 is 0 Å². The molecule has 1 aromatic heterocycles. The zero-order valence-corrected chi connectivity index (χ0v) is 10.0. The molecule has 0 saturated heterocycles. The number of nitrogens with zero attached hydrogens (tertiary/aromatic N) is 1. The number of thiazole rings is 1. The molecule has 1 saturated carbocycles. The number of hydrogen-bond donors (Lipinski definition) is 1. The first-order valence-electron chi connectivity index (χ1n) is 5.86. The van der Waals surface area contributed by atoms with Gasteiger partial charge in [-0.15, -0.1) is 11.3 Å². The SMILES string of the molecule is CCC1CCC(O)C(Cc2nccs2)C1. The minimum Gasteiger partial charge on any atom is -0.393 e. The van der Waals surface area contributed by atoms with Crippen LogP contribution in [-0.4, -0.2) is 16.2 Å². The molecule has 84 valence electrons. The maximum Gasteiger partial charge on any atom is 0.0928 e. The highest BCUT2D eigenvalue weighted by atomic mass is 32.1. The van der Waals surface area contributed by atoms with Gasteiger partial charge in [0.15, 0.2) is 0 Å². The molecule has 0 aliphatic heterocycles. The van der Waals surface area contributed by atoms with Gasteiger partial charge in [0, 0.05) is 18.0 Å². The second kappa shape index (κ2) is 5.08. The Kier molecular flexibility index (Phi) is 3.76. The van der Waals surface area contributed by atoms with E-state index in [4.69, 9.17) is 0 Å². The molecule has 0 spiro atoms. The van der Waals surface area contributed by atoms with Crippen molar-refractivity contribution in [3.63, 3.8) is 0 Å². The summed E-state index contributed by atoms with van der Waals surface area (Å²) in [5.41, 5.74) is 0. The molecular formula is C12H19NOS. The molecule has 1 fully saturated rings. The van der Waals surface area contributed by atoms with Crippen molar-refractivity contribution in [2.24, 2.45) is 11.8 Å². The highest BCUT2D eigenvalue weighted by molar-refractivity contribution is 7.09. The van der Waals surface area contributed by atoms with Gasteiger partial charge in [-0.05, 0) is 31.1 Å². The maximum absolute atomic E-state index is 9.96. The molecule has 3 unspecified atom stereocenters. The normalized spacial score (nSPS) is 31.7. The Labute approximate surface area is 95.4 Å². The van der Waals surface area contributed by atoms with E-state index in [1.54, 1.807) is 11.3 Å². The highest BCUT2D eigenvalue weighted by Gasteiger charge is 2.28. The first kappa shape index (κ1) is 11.1. The Morgan fingerprint density at radius 3 is 3.07 bits per heavy atom. The van der Waals surface area contributed by atoms with E-state index in [1.807, 2.05) is 11.6 Å². The van der Waals surface area contributed by atoms with Crippen LogP contribution in [0.1, 0.15) is 37.6 Å². The molecule has 0 amide bonds. The zero-order chi connectivity index (χ0) is 10.7. The standard InChI is InChI=1S/C12H19NOS/c1-2-9-3-4-11(14)10(7-9)8-12-13-5-6-15-12/h5-6,9-11,14H,2-4,7-8H2,1H3. The zero-order valence-electron chi connectivity index (χ0n) is 9.22. The van der Waals surface area contributed by atoms with E-state index < -0.39 is 0 Å². The fraction of sp³-hybridized carbons (Fsp3) is 0.750. The molecule has 0 aromatic carbocycles. The van der Waals surface area contributed by atoms with Gasteiger partial charge in [-0.3, -0.25) is 0 Å². The average molecular weight is 225 g/mol. The van der Waals surface area contributed by atoms with Crippen molar-refractivity contribution in [2.45, 2.75) is 45.1 Å². The third kappa shape index (κ3) is 2.79. The van der Waals surface area contributed by atoms with Crippen LogP contribution in [0.3, 0.4) is 0 Å². The summed E-state index contributed by atoms with van der Waals surface area (Å²) >= 11 is 1.71. The van der Waals surface area contributed by atoms with E-state index in [0.717, 1.165) is 18.8 Å². The molecule has 1 aromatic rings. The summed E-state index contributed by atoms with van der Waals surface area (Å²) in [6.07, 6.45) is 7.33. The fourth-order valence-electron chi connectivity index (χ4n) is 2.51. The van der Waals surface area contributed by atoms with Gasteiger partial charge in [0.2, 0.25) is 0 Å². The molecule has 1 heterocycles. The lowest BCUT2D eigenvalue weighted by Crippen LogP contribution is -2.30. The first-order chi connectivity index (χ1) is 7.29. The molecule has 3 atom stereocenters. The summed E-state index contributed by atoms with van der Waals surface area (Å²) in [5.74, 6) is 1.26. The van der Waals surface area contributed by atoms with Crippen LogP contribution in [0.25, 0.3) is 0 Å². The predicted octanol–water partition coefficient (Wildman–Crippen LogP) is 2.87. The summed E-state index contributed by atoms with van der Waals surface area (Å²) in [6.45, 7) is 2.25. The second-order valence-corrected chi connectivity index (χ2v) is 5.52. The van der Waals surface area contributed by atoms with Gasteiger partial charge in [0.05, 0.1) is 11.1 Å². The Hall–Kier alpha value is -0.410. The number of hydrogen-bond acceptors (Lipinski definition) is 3. The van der Waals surface area contributed by atoms with Crippen LogP contribution in [0.5, 0.6) is 0 Å². The smallest absolute Gasteiger partial charge is 0.0928 e. The quantitative estimate of drug-likeness (QED) is 0.858. The van der Waals surface area contributed by atoms with Crippen molar-refractivity contribution in [3.8, 4) is 0 Å². The van der Waals surface area contributed by atoms with Crippen LogP contribution in [0, 0.1) is 11.8 Å². The first-order valence-corrected chi connectivity index (χ1v) is 6.74. The van der Waals surface area contributed by atoms with Crippen molar-refractivity contribution in [1.29, 1.82) is 0 Å². The third-order valence-corrected chi connectivity index (χ3v) is 4.35. The van der Waals surface area contributed by atoms with Crippen LogP contribution in [0.15, 0.2) is 11.6 Å². The topological polar surface area (TPSA) is 33.1 Å². The van der Waals surface area contributed by atoms with Gasteiger partial charge in [0.1, 0.15) is 0 Å². The minimum absolute atomic E-state index is 0.100. The largest absolute Gasteiger partial charge is 0.393 e. The van der Waals surface area contributed by atoms with E-state index in [1.165, 1.54) is 24.3 Å². The number of aliphatic hydroxyl groups is 1. The maximum atomic E-state index is 9.96. The van der Waals surface area contributed by atoms with Crippen LogP contribution in [0.4, 0.5) is 0 Å². The lowest BCUT2D eigenvalue weighted by Gasteiger charge is -2.32. The van der Waals surface area contributed by atoms with E-state index in [9.17, 15) is 5.11 Å². The fourth-order valence-corrected chi connectivity index (χ4v) is 3.22. The van der Waals surface area contributed by atoms with E-state index in [-0.39, 0.29) is 6.10 Å². The molecule has 3 heteroatoms. The Balaban J connectivity index is 1.94. The summed E-state index contributed by atoms with van der Waals surface area (Å²) < 4.78 is 0. The average Bonchev–Trinajstić information content (AvgIpc) is 2.74. The number of aliphatic hydroxyl groups excluding tert-OH is 1. The van der Waals surface area contributed by atoms with Crippen molar-refractivity contribution in [2.75, 3.05) is 0 Å². The predicted molar refractivity (Wildman–Crippen MR) is 62.9 cm³/mol. The Morgan fingerprint density at radius 2 is 2.40 bits per heavy atom.